The number of hydrogen-bond donors (Lipinski definition) is 2. The molecule has 0 saturated heterocycles. The number of hydrogen-bond acceptors (Lipinski definition) is 3. The van der Waals surface area contributed by atoms with Gasteiger partial charge in [-0.1, -0.05) is 66.7 Å². The molecule has 1 unspecified atom stereocenters. The van der Waals surface area contributed by atoms with E-state index in [0.717, 1.165) is 38.7 Å². The van der Waals surface area contributed by atoms with Crippen LogP contribution in [0.15, 0.2) is 72.8 Å². The minimum absolute atomic E-state index is 0.0712. The number of ether oxygens (including phenoxy) is 1. The molecule has 1 aromatic heterocycles. The molecule has 164 valence electrons. The van der Waals surface area contributed by atoms with Crippen molar-refractivity contribution in [3.63, 3.8) is 0 Å². The number of benzene rings is 3. The van der Waals surface area contributed by atoms with E-state index in [1.807, 2.05) is 48.5 Å². The number of aromatic nitrogens is 1. The lowest BCUT2D eigenvalue weighted by Crippen LogP contribution is -2.44. The summed E-state index contributed by atoms with van der Waals surface area (Å²) in [6.45, 7) is 0.456. The molecule has 1 aliphatic carbocycles. The molecule has 6 rings (SSSR count). The van der Waals surface area contributed by atoms with Crippen molar-refractivity contribution in [3.8, 4) is 11.1 Å². The quantitative estimate of drug-likeness (QED) is 0.466. The van der Waals surface area contributed by atoms with Gasteiger partial charge in [-0.15, -0.1) is 0 Å². The third-order valence-electron chi connectivity index (χ3n) is 6.84. The van der Waals surface area contributed by atoms with Crippen LogP contribution in [0.2, 0.25) is 0 Å². The molecule has 1 atom stereocenters. The van der Waals surface area contributed by atoms with Crippen LogP contribution in [0.25, 0.3) is 22.0 Å². The number of para-hydroxylation sites is 1. The molecular formula is C27H22N2O4. The number of carbonyl (C=O) groups is 2. The van der Waals surface area contributed by atoms with Crippen molar-refractivity contribution in [3.05, 3.63) is 95.2 Å². The van der Waals surface area contributed by atoms with Crippen LogP contribution in [-0.2, 0) is 16.0 Å². The summed E-state index contributed by atoms with van der Waals surface area (Å²) in [5.74, 6) is -1.14. The molecule has 3 aromatic carbocycles. The van der Waals surface area contributed by atoms with E-state index < -0.39 is 18.1 Å². The van der Waals surface area contributed by atoms with Gasteiger partial charge < -0.3 is 14.8 Å². The molecule has 2 N–H and O–H groups in total. The van der Waals surface area contributed by atoms with E-state index in [-0.39, 0.29) is 12.5 Å². The Labute approximate surface area is 190 Å². The maximum Gasteiger partial charge on any atom is 0.410 e. The summed E-state index contributed by atoms with van der Waals surface area (Å²) in [5, 5.41) is 11.0. The lowest BCUT2D eigenvalue weighted by molar-refractivity contribution is -0.143. The molecule has 1 amide bonds. The zero-order chi connectivity index (χ0) is 22.5. The van der Waals surface area contributed by atoms with Crippen molar-refractivity contribution in [2.45, 2.75) is 18.4 Å². The van der Waals surface area contributed by atoms with Crippen LogP contribution < -0.4 is 0 Å². The molecule has 2 aliphatic rings. The third kappa shape index (κ3) is 3.02. The maximum absolute atomic E-state index is 13.1. The Balaban J connectivity index is 1.28. The highest BCUT2D eigenvalue weighted by atomic mass is 16.6. The Hall–Kier alpha value is -4.06. The number of nitrogens with one attached hydrogen (secondary N) is 1. The number of nitrogens with zero attached hydrogens (tertiary/aromatic N) is 1. The summed E-state index contributed by atoms with van der Waals surface area (Å²) in [6, 6.07) is 22.9. The van der Waals surface area contributed by atoms with Crippen molar-refractivity contribution < 1.29 is 19.4 Å². The Morgan fingerprint density at radius 2 is 1.58 bits per heavy atom. The Kier molecular flexibility index (Phi) is 4.47. The van der Waals surface area contributed by atoms with Crippen LogP contribution in [0, 0.1) is 0 Å². The van der Waals surface area contributed by atoms with Gasteiger partial charge in [0.25, 0.3) is 0 Å². The molecule has 1 aliphatic heterocycles. The Bertz CT molecular complexity index is 1360. The van der Waals surface area contributed by atoms with Crippen molar-refractivity contribution in [2.24, 2.45) is 0 Å². The number of H-pyrrole nitrogens is 1. The lowest BCUT2D eigenvalue weighted by atomic mass is 9.97. The first kappa shape index (κ1) is 19.6. The standard InChI is InChI=1S/C27H22N2O4/c30-26(31)25-24-21(20-11-5-6-12-23(20)28-24)13-14-29(25)27(32)33-15-22-18-9-3-1-7-16(18)17-8-2-4-10-19(17)22/h1-12,22,25,28H,13-15H2,(H,30,31). The average Bonchev–Trinajstić information content (AvgIpc) is 3.37. The number of aliphatic carboxylic acids is 1. The van der Waals surface area contributed by atoms with Gasteiger partial charge in [-0.2, -0.15) is 0 Å². The molecule has 0 saturated carbocycles. The van der Waals surface area contributed by atoms with Crippen LogP contribution in [0.5, 0.6) is 0 Å². The van der Waals surface area contributed by atoms with Gasteiger partial charge >= 0.3 is 12.1 Å². The molecule has 0 radical (unpaired) electrons. The van der Waals surface area contributed by atoms with Gasteiger partial charge in [0, 0.05) is 23.4 Å². The van der Waals surface area contributed by atoms with Gasteiger partial charge in [-0.25, -0.2) is 9.59 Å². The van der Waals surface area contributed by atoms with E-state index in [9.17, 15) is 14.7 Å². The summed E-state index contributed by atoms with van der Waals surface area (Å²) in [5.41, 5.74) is 6.94. The van der Waals surface area contributed by atoms with Gasteiger partial charge in [0.05, 0.1) is 5.69 Å². The SMILES string of the molecule is O=C(O)C1c2[nH]c3ccccc3c2CCN1C(=O)OCC1c2ccccc2-c2ccccc21. The first-order valence-electron chi connectivity index (χ1n) is 11.1. The molecule has 6 heteroatoms. The average molecular weight is 438 g/mol. The number of rotatable bonds is 3. The largest absolute Gasteiger partial charge is 0.479 e. The zero-order valence-electron chi connectivity index (χ0n) is 17.8. The van der Waals surface area contributed by atoms with Gasteiger partial charge in [0.1, 0.15) is 6.61 Å². The van der Waals surface area contributed by atoms with E-state index in [4.69, 9.17) is 4.74 Å². The summed E-state index contributed by atoms with van der Waals surface area (Å²) >= 11 is 0. The second kappa shape index (κ2) is 7.52. The number of aromatic amines is 1. The zero-order valence-corrected chi connectivity index (χ0v) is 17.8. The Morgan fingerprint density at radius 1 is 0.939 bits per heavy atom. The van der Waals surface area contributed by atoms with Crippen molar-refractivity contribution in [2.75, 3.05) is 13.2 Å². The Morgan fingerprint density at radius 3 is 2.27 bits per heavy atom. The smallest absolute Gasteiger partial charge is 0.410 e. The van der Waals surface area contributed by atoms with E-state index in [1.165, 1.54) is 4.90 Å². The fourth-order valence-electron chi connectivity index (χ4n) is 5.37. The topological polar surface area (TPSA) is 82.6 Å². The minimum Gasteiger partial charge on any atom is -0.479 e. The van der Waals surface area contributed by atoms with Crippen LogP contribution in [0.1, 0.15) is 34.3 Å². The highest BCUT2D eigenvalue weighted by Gasteiger charge is 2.39. The van der Waals surface area contributed by atoms with E-state index >= 15 is 0 Å². The van der Waals surface area contributed by atoms with Gasteiger partial charge in [0.2, 0.25) is 0 Å². The third-order valence-corrected chi connectivity index (χ3v) is 6.84. The van der Waals surface area contributed by atoms with E-state index in [0.29, 0.717) is 18.7 Å². The molecule has 2 heterocycles. The molecule has 0 fully saturated rings. The van der Waals surface area contributed by atoms with Gasteiger partial charge in [-0.3, -0.25) is 4.90 Å². The highest BCUT2D eigenvalue weighted by molar-refractivity contribution is 5.90. The van der Waals surface area contributed by atoms with Crippen LogP contribution >= 0.6 is 0 Å². The van der Waals surface area contributed by atoms with Crippen molar-refractivity contribution in [1.82, 2.24) is 9.88 Å². The predicted octanol–water partition coefficient (Wildman–Crippen LogP) is 5.10. The summed E-state index contributed by atoms with van der Waals surface area (Å²) < 4.78 is 5.76. The van der Waals surface area contributed by atoms with Crippen LogP contribution in [-0.4, -0.2) is 40.2 Å². The number of amides is 1. The fraction of sp³-hybridized carbons (Fsp3) is 0.185. The van der Waals surface area contributed by atoms with Crippen LogP contribution in [0.3, 0.4) is 0 Å². The number of carbonyl (C=O) groups excluding carboxylic acids is 1. The lowest BCUT2D eigenvalue weighted by Gasteiger charge is -2.32. The predicted molar refractivity (Wildman–Crippen MR) is 124 cm³/mol. The molecule has 4 aromatic rings. The van der Waals surface area contributed by atoms with Crippen molar-refractivity contribution in [1.29, 1.82) is 0 Å². The fourth-order valence-corrected chi connectivity index (χ4v) is 5.37. The summed E-state index contributed by atoms with van der Waals surface area (Å²) in [7, 11) is 0. The van der Waals surface area contributed by atoms with E-state index in [2.05, 4.69) is 29.2 Å². The maximum atomic E-state index is 13.1. The van der Waals surface area contributed by atoms with Gasteiger partial charge in [-0.05, 0) is 40.3 Å². The molecule has 33 heavy (non-hydrogen) atoms. The number of carboxylic acid groups (broad SMARTS) is 1. The van der Waals surface area contributed by atoms with E-state index in [1.54, 1.807) is 0 Å². The molecule has 0 bridgehead atoms. The molecule has 6 nitrogen and oxygen atoms in total. The minimum atomic E-state index is -1.10. The number of carboxylic acids is 1. The normalized spacial score (nSPS) is 16.8. The van der Waals surface area contributed by atoms with Crippen molar-refractivity contribution >= 4 is 23.0 Å². The second-order valence-corrected chi connectivity index (χ2v) is 8.55. The molecule has 0 spiro atoms. The number of fused-ring (bicyclic) bond motifs is 6. The van der Waals surface area contributed by atoms with Gasteiger partial charge in [0.15, 0.2) is 6.04 Å². The highest BCUT2D eigenvalue weighted by Crippen LogP contribution is 2.44. The first-order chi connectivity index (χ1) is 16.1. The monoisotopic (exact) mass is 438 g/mol. The first-order valence-corrected chi connectivity index (χ1v) is 11.1. The molecular weight excluding hydrogens is 416 g/mol. The summed E-state index contributed by atoms with van der Waals surface area (Å²) in [4.78, 5) is 29.9. The van der Waals surface area contributed by atoms with Crippen LogP contribution in [0.4, 0.5) is 4.79 Å². The summed E-state index contributed by atoms with van der Waals surface area (Å²) in [6.07, 6.45) is -0.0265. The second-order valence-electron chi connectivity index (χ2n) is 8.55.